The largest absolute Gasteiger partial charge is 0.354 e. The molecule has 0 fully saturated rings. The highest BCUT2D eigenvalue weighted by Crippen LogP contribution is 2.12. The summed E-state index contributed by atoms with van der Waals surface area (Å²) in [5, 5.41) is 14.0. The normalized spacial score (nSPS) is 10.7. The van der Waals surface area contributed by atoms with Gasteiger partial charge in [-0.2, -0.15) is 0 Å². The van der Waals surface area contributed by atoms with Crippen LogP contribution in [0.4, 0.5) is 5.69 Å². The molecule has 0 aliphatic carbocycles. The maximum absolute atomic E-state index is 10.6. The van der Waals surface area contributed by atoms with Crippen molar-refractivity contribution in [3.05, 3.63) is 64.0 Å². The van der Waals surface area contributed by atoms with E-state index < -0.39 is 0 Å². The molecule has 0 atom stereocenters. The van der Waals surface area contributed by atoms with Gasteiger partial charge in [-0.15, -0.1) is 0 Å². The van der Waals surface area contributed by atoms with Crippen LogP contribution in [-0.4, -0.2) is 16.0 Å². The van der Waals surface area contributed by atoms with E-state index in [4.69, 9.17) is 0 Å². The molecule has 0 aliphatic rings. The summed E-state index contributed by atoms with van der Waals surface area (Å²) in [7, 11) is 0. The molecule has 5 nitrogen and oxygen atoms in total. The van der Waals surface area contributed by atoms with E-state index in [0.29, 0.717) is 0 Å². The molecule has 1 aromatic carbocycles. The first-order valence-corrected chi connectivity index (χ1v) is 7.27. The minimum Gasteiger partial charge on any atom is -0.354 e. The van der Waals surface area contributed by atoms with Crippen molar-refractivity contribution in [1.29, 1.82) is 0 Å². The van der Waals surface area contributed by atoms with Crippen molar-refractivity contribution in [3.63, 3.8) is 0 Å². The second-order valence-electron chi connectivity index (χ2n) is 5.11. The molecule has 0 saturated carbocycles. The lowest BCUT2D eigenvalue weighted by Crippen LogP contribution is -2.16. The summed E-state index contributed by atoms with van der Waals surface area (Å²) in [4.78, 5) is 10.2. The van der Waals surface area contributed by atoms with Gasteiger partial charge in [0, 0.05) is 37.6 Å². The number of hydrogen-bond acceptors (Lipinski definition) is 3. The van der Waals surface area contributed by atoms with Crippen LogP contribution in [0.25, 0.3) is 0 Å². The van der Waals surface area contributed by atoms with E-state index >= 15 is 0 Å². The molecule has 2 aromatic rings. The van der Waals surface area contributed by atoms with E-state index in [1.54, 1.807) is 12.1 Å². The number of aryl methyl sites for hydroxylation is 1. The molecule has 1 heterocycles. The lowest BCUT2D eigenvalue weighted by atomic mass is 10.1. The number of non-ortho nitro benzene ring substituents is 1. The van der Waals surface area contributed by atoms with Crippen molar-refractivity contribution in [3.8, 4) is 0 Å². The molecule has 112 valence electrons. The summed E-state index contributed by atoms with van der Waals surface area (Å²) in [6, 6.07) is 8.88. The molecule has 0 spiro atoms. The third-order valence-corrected chi connectivity index (χ3v) is 3.36. The molecule has 0 saturated heterocycles. The Labute approximate surface area is 124 Å². The third kappa shape index (κ3) is 4.72. The van der Waals surface area contributed by atoms with Crippen LogP contribution in [0.2, 0.25) is 0 Å². The number of aromatic nitrogens is 1. The lowest BCUT2D eigenvalue weighted by Gasteiger charge is -2.04. The number of nitro groups is 1. The average molecular weight is 287 g/mol. The van der Waals surface area contributed by atoms with E-state index in [1.165, 1.54) is 5.56 Å². The van der Waals surface area contributed by atoms with Crippen LogP contribution in [0.1, 0.15) is 24.5 Å². The van der Waals surface area contributed by atoms with Gasteiger partial charge in [-0.05, 0) is 36.6 Å². The Balaban J connectivity index is 1.72. The van der Waals surface area contributed by atoms with Gasteiger partial charge >= 0.3 is 0 Å². The summed E-state index contributed by atoms with van der Waals surface area (Å²) < 4.78 is 2.20. The van der Waals surface area contributed by atoms with E-state index in [0.717, 1.165) is 38.0 Å². The van der Waals surface area contributed by atoms with Crippen molar-refractivity contribution in [2.75, 3.05) is 6.54 Å². The molecular weight excluding hydrogens is 266 g/mol. The second kappa shape index (κ2) is 7.59. The Morgan fingerprint density at radius 1 is 1.19 bits per heavy atom. The van der Waals surface area contributed by atoms with Crippen LogP contribution in [0.15, 0.2) is 42.7 Å². The quantitative estimate of drug-likeness (QED) is 0.461. The molecular formula is C16H21N3O2. The van der Waals surface area contributed by atoms with Gasteiger partial charge in [-0.25, -0.2) is 0 Å². The van der Waals surface area contributed by atoms with Gasteiger partial charge in [0.05, 0.1) is 4.92 Å². The maximum atomic E-state index is 10.6. The summed E-state index contributed by atoms with van der Waals surface area (Å²) >= 11 is 0. The standard InChI is InChI=1S/C16H21N3O2/c1-2-10-18-11-8-15(13-18)12-17-9-7-14-3-5-16(6-4-14)19(20)21/h3-6,8,11,13,17H,2,7,9-10,12H2,1H3. The Morgan fingerprint density at radius 2 is 1.95 bits per heavy atom. The monoisotopic (exact) mass is 287 g/mol. The first-order valence-electron chi connectivity index (χ1n) is 7.27. The average Bonchev–Trinajstić information content (AvgIpc) is 2.92. The van der Waals surface area contributed by atoms with Crippen LogP contribution in [0.5, 0.6) is 0 Å². The Bertz CT molecular complexity index is 575. The topological polar surface area (TPSA) is 60.1 Å². The summed E-state index contributed by atoms with van der Waals surface area (Å²) in [6.07, 6.45) is 6.29. The van der Waals surface area contributed by atoms with Crippen LogP contribution < -0.4 is 5.32 Å². The first-order chi connectivity index (χ1) is 10.2. The van der Waals surface area contributed by atoms with E-state index in [2.05, 4.69) is 35.3 Å². The number of hydrogen-bond donors (Lipinski definition) is 1. The Hall–Kier alpha value is -2.14. The van der Waals surface area contributed by atoms with Crippen LogP contribution in [0, 0.1) is 10.1 Å². The molecule has 1 N–H and O–H groups in total. The number of rotatable bonds is 8. The number of nitrogens with zero attached hydrogens (tertiary/aromatic N) is 2. The van der Waals surface area contributed by atoms with Crippen molar-refractivity contribution in [1.82, 2.24) is 9.88 Å². The van der Waals surface area contributed by atoms with Gasteiger partial charge in [-0.3, -0.25) is 10.1 Å². The van der Waals surface area contributed by atoms with Crippen molar-refractivity contribution < 1.29 is 4.92 Å². The van der Waals surface area contributed by atoms with Gasteiger partial charge in [0.15, 0.2) is 0 Å². The molecule has 0 unspecified atom stereocenters. The minimum absolute atomic E-state index is 0.143. The molecule has 0 bridgehead atoms. The molecule has 0 aliphatic heterocycles. The molecule has 2 rings (SSSR count). The second-order valence-corrected chi connectivity index (χ2v) is 5.11. The zero-order valence-corrected chi connectivity index (χ0v) is 12.3. The van der Waals surface area contributed by atoms with Gasteiger partial charge in [0.1, 0.15) is 0 Å². The van der Waals surface area contributed by atoms with Crippen molar-refractivity contribution >= 4 is 5.69 Å². The zero-order valence-electron chi connectivity index (χ0n) is 12.3. The minimum atomic E-state index is -0.372. The van der Waals surface area contributed by atoms with Gasteiger partial charge in [0.2, 0.25) is 0 Å². The smallest absolute Gasteiger partial charge is 0.269 e. The maximum Gasteiger partial charge on any atom is 0.269 e. The molecule has 1 aromatic heterocycles. The van der Waals surface area contributed by atoms with Crippen molar-refractivity contribution in [2.24, 2.45) is 0 Å². The van der Waals surface area contributed by atoms with Gasteiger partial charge < -0.3 is 9.88 Å². The van der Waals surface area contributed by atoms with Gasteiger partial charge in [0.25, 0.3) is 5.69 Å². The zero-order chi connectivity index (χ0) is 15.1. The van der Waals surface area contributed by atoms with Crippen LogP contribution in [-0.2, 0) is 19.5 Å². The summed E-state index contributed by atoms with van der Waals surface area (Å²) in [6.45, 7) is 4.94. The predicted molar refractivity (Wildman–Crippen MR) is 83.2 cm³/mol. The summed E-state index contributed by atoms with van der Waals surface area (Å²) in [5.41, 5.74) is 2.53. The van der Waals surface area contributed by atoms with Gasteiger partial charge in [-0.1, -0.05) is 19.1 Å². The lowest BCUT2D eigenvalue weighted by molar-refractivity contribution is -0.384. The fraction of sp³-hybridized carbons (Fsp3) is 0.375. The highest BCUT2D eigenvalue weighted by molar-refractivity contribution is 5.32. The molecule has 0 amide bonds. The van der Waals surface area contributed by atoms with Crippen LogP contribution in [0.3, 0.4) is 0 Å². The fourth-order valence-electron chi connectivity index (χ4n) is 2.24. The molecule has 5 heteroatoms. The van der Waals surface area contributed by atoms with Crippen LogP contribution >= 0.6 is 0 Å². The van der Waals surface area contributed by atoms with E-state index in [-0.39, 0.29) is 10.6 Å². The predicted octanol–water partition coefficient (Wildman–Crippen LogP) is 3.14. The number of benzene rings is 1. The molecule has 21 heavy (non-hydrogen) atoms. The Kier molecular flexibility index (Phi) is 5.51. The third-order valence-electron chi connectivity index (χ3n) is 3.36. The highest BCUT2D eigenvalue weighted by atomic mass is 16.6. The SMILES string of the molecule is CCCn1ccc(CNCCc2ccc([N+](=O)[O-])cc2)c1. The number of nitro benzene ring substituents is 1. The van der Waals surface area contributed by atoms with E-state index in [9.17, 15) is 10.1 Å². The van der Waals surface area contributed by atoms with Crippen molar-refractivity contribution in [2.45, 2.75) is 32.9 Å². The Morgan fingerprint density at radius 3 is 2.62 bits per heavy atom. The highest BCUT2D eigenvalue weighted by Gasteiger charge is 2.03. The first kappa shape index (κ1) is 15.3. The van der Waals surface area contributed by atoms with E-state index in [1.807, 2.05) is 12.1 Å². The molecule has 0 radical (unpaired) electrons. The fourth-order valence-corrected chi connectivity index (χ4v) is 2.24. The number of nitrogens with one attached hydrogen (secondary N) is 1. The summed E-state index contributed by atoms with van der Waals surface area (Å²) in [5.74, 6) is 0.